The number of thiazole rings is 1. The molecule has 0 aliphatic rings. The van der Waals surface area contributed by atoms with Crippen LogP contribution in [0.2, 0.25) is 0 Å². The number of carbonyl (C=O) groups excluding carboxylic acids is 1. The quantitative estimate of drug-likeness (QED) is 0.656. The summed E-state index contributed by atoms with van der Waals surface area (Å²) in [6.45, 7) is 1.82. The fraction of sp³-hybridized carbons (Fsp3) is 0.167. The van der Waals surface area contributed by atoms with Crippen molar-refractivity contribution >= 4 is 27.3 Å². The Hall–Kier alpha value is -2.62. The molecule has 3 N–H and O–H groups in total. The van der Waals surface area contributed by atoms with E-state index in [2.05, 4.69) is 15.3 Å². The molecule has 0 unspecified atom stereocenters. The van der Waals surface area contributed by atoms with E-state index in [1.54, 1.807) is 18.3 Å². The molecule has 0 spiro atoms. The van der Waals surface area contributed by atoms with E-state index < -0.39 is 10.0 Å². The average Bonchev–Trinajstić information content (AvgIpc) is 3.10. The van der Waals surface area contributed by atoms with Crippen LogP contribution >= 0.6 is 11.3 Å². The summed E-state index contributed by atoms with van der Waals surface area (Å²) in [6.07, 6.45) is 1.86. The summed E-state index contributed by atoms with van der Waals surface area (Å²) in [6, 6.07) is 11.4. The summed E-state index contributed by atoms with van der Waals surface area (Å²) < 4.78 is 22.6. The normalized spacial score (nSPS) is 12.5. The van der Waals surface area contributed by atoms with Crippen molar-refractivity contribution in [1.82, 2.24) is 15.3 Å². The second-order valence-corrected chi connectivity index (χ2v) is 8.36. The third kappa shape index (κ3) is 4.97. The van der Waals surface area contributed by atoms with Crippen LogP contribution in [0, 0.1) is 0 Å². The third-order valence-corrected chi connectivity index (χ3v) is 5.71. The van der Waals surface area contributed by atoms with E-state index in [9.17, 15) is 13.2 Å². The van der Waals surface area contributed by atoms with Gasteiger partial charge in [-0.25, -0.2) is 18.5 Å². The van der Waals surface area contributed by atoms with Crippen molar-refractivity contribution in [1.29, 1.82) is 0 Å². The number of pyridine rings is 1. The fourth-order valence-corrected chi connectivity index (χ4v) is 3.79. The third-order valence-electron chi connectivity index (χ3n) is 3.86. The summed E-state index contributed by atoms with van der Waals surface area (Å²) in [5.41, 5.74) is 2.23. The van der Waals surface area contributed by atoms with E-state index in [0.29, 0.717) is 5.69 Å². The van der Waals surface area contributed by atoms with Crippen LogP contribution in [0.4, 0.5) is 0 Å². The number of nitrogens with zero attached hydrogens (tertiary/aromatic N) is 2. The lowest BCUT2D eigenvalue weighted by molar-refractivity contribution is -0.121. The minimum atomic E-state index is -3.73. The van der Waals surface area contributed by atoms with Gasteiger partial charge in [-0.3, -0.25) is 9.78 Å². The molecule has 3 rings (SSSR count). The van der Waals surface area contributed by atoms with Gasteiger partial charge in [-0.2, -0.15) is 0 Å². The molecule has 0 fully saturated rings. The standard InChI is InChI=1S/C18H18N4O3S2/c1-12(13-5-7-15(8-6-13)27(19,24)25)21-17(23)10-14-11-26-18(22-14)16-4-2-3-9-20-16/h2-9,11-12H,10H2,1H3,(H,21,23)(H2,19,24,25)/t12-/m1/s1. The fourth-order valence-electron chi connectivity index (χ4n) is 2.48. The topological polar surface area (TPSA) is 115 Å². The van der Waals surface area contributed by atoms with E-state index in [1.165, 1.54) is 23.5 Å². The molecule has 1 aromatic carbocycles. The Balaban J connectivity index is 1.61. The molecular formula is C18H18N4O3S2. The number of aromatic nitrogens is 2. The summed E-state index contributed by atoms with van der Waals surface area (Å²) >= 11 is 1.44. The number of carbonyl (C=O) groups is 1. The van der Waals surface area contributed by atoms with Crippen molar-refractivity contribution in [2.75, 3.05) is 0 Å². The number of hydrogen-bond donors (Lipinski definition) is 2. The monoisotopic (exact) mass is 402 g/mol. The van der Waals surface area contributed by atoms with Crippen LogP contribution in [0.3, 0.4) is 0 Å². The maximum atomic E-state index is 12.3. The molecule has 140 valence electrons. The number of sulfonamides is 1. The number of benzene rings is 1. The minimum Gasteiger partial charge on any atom is -0.349 e. The van der Waals surface area contributed by atoms with Crippen molar-refractivity contribution < 1.29 is 13.2 Å². The Bertz CT molecular complexity index is 1030. The molecule has 3 aromatic rings. The number of amides is 1. The van der Waals surface area contributed by atoms with Crippen molar-refractivity contribution in [3.63, 3.8) is 0 Å². The first kappa shape index (κ1) is 19.2. The number of nitrogens with one attached hydrogen (secondary N) is 1. The van der Waals surface area contributed by atoms with Gasteiger partial charge >= 0.3 is 0 Å². The Labute approximate surface area is 161 Å². The first-order valence-electron chi connectivity index (χ1n) is 8.11. The molecule has 2 heterocycles. The second kappa shape index (κ2) is 7.95. The van der Waals surface area contributed by atoms with E-state index >= 15 is 0 Å². The van der Waals surface area contributed by atoms with Gasteiger partial charge < -0.3 is 5.32 Å². The zero-order valence-electron chi connectivity index (χ0n) is 14.5. The van der Waals surface area contributed by atoms with Crippen molar-refractivity contribution in [3.8, 4) is 10.7 Å². The average molecular weight is 403 g/mol. The summed E-state index contributed by atoms with van der Waals surface area (Å²) in [5, 5.41) is 10.6. The lowest BCUT2D eigenvalue weighted by atomic mass is 10.1. The Morgan fingerprint density at radius 2 is 1.96 bits per heavy atom. The molecule has 27 heavy (non-hydrogen) atoms. The Morgan fingerprint density at radius 1 is 1.22 bits per heavy atom. The second-order valence-electron chi connectivity index (χ2n) is 5.94. The van der Waals surface area contributed by atoms with Crippen LogP contribution in [0.25, 0.3) is 10.7 Å². The largest absolute Gasteiger partial charge is 0.349 e. The van der Waals surface area contributed by atoms with Crippen LogP contribution in [0.5, 0.6) is 0 Å². The zero-order chi connectivity index (χ0) is 19.4. The lowest BCUT2D eigenvalue weighted by Crippen LogP contribution is -2.28. The van der Waals surface area contributed by atoms with Gasteiger partial charge in [-0.1, -0.05) is 18.2 Å². The van der Waals surface area contributed by atoms with E-state index in [-0.39, 0.29) is 23.3 Å². The molecule has 0 radical (unpaired) electrons. The first-order valence-corrected chi connectivity index (χ1v) is 10.5. The van der Waals surface area contributed by atoms with Gasteiger partial charge in [0.1, 0.15) is 5.01 Å². The molecule has 0 saturated carbocycles. The Morgan fingerprint density at radius 3 is 2.59 bits per heavy atom. The van der Waals surface area contributed by atoms with E-state index in [4.69, 9.17) is 5.14 Å². The molecule has 0 aliphatic heterocycles. The number of rotatable bonds is 6. The van der Waals surface area contributed by atoms with Crippen molar-refractivity contribution in [2.24, 2.45) is 5.14 Å². The van der Waals surface area contributed by atoms with Crippen LogP contribution in [0.15, 0.2) is 58.9 Å². The molecule has 9 heteroatoms. The maximum absolute atomic E-state index is 12.3. The molecule has 1 atom stereocenters. The van der Waals surface area contributed by atoms with E-state index in [1.807, 2.05) is 30.5 Å². The molecular weight excluding hydrogens is 384 g/mol. The van der Waals surface area contributed by atoms with Gasteiger partial charge in [0.05, 0.1) is 28.7 Å². The zero-order valence-corrected chi connectivity index (χ0v) is 16.1. The maximum Gasteiger partial charge on any atom is 0.238 e. The van der Waals surface area contributed by atoms with Crippen LogP contribution in [0.1, 0.15) is 24.2 Å². The van der Waals surface area contributed by atoms with Crippen LogP contribution in [-0.2, 0) is 21.2 Å². The smallest absolute Gasteiger partial charge is 0.238 e. The summed E-state index contributed by atoms with van der Waals surface area (Å²) in [4.78, 5) is 21.0. The van der Waals surface area contributed by atoms with Crippen molar-refractivity contribution in [3.05, 3.63) is 65.3 Å². The van der Waals surface area contributed by atoms with Crippen molar-refractivity contribution in [2.45, 2.75) is 24.3 Å². The highest BCUT2D eigenvalue weighted by molar-refractivity contribution is 7.89. The summed E-state index contributed by atoms with van der Waals surface area (Å²) in [7, 11) is -3.73. The minimum absolute atomic E-state index is 0.0364. The van der Waals surface area contributed by atoms with Gasteiger partial charge in [0.25, 0.3) is 0 Å². The molecule has 7 nitrogen and oxygen atoms in total. The van der Waals surface area contributed by atoms with Crippen LogP contribution in [-0.4, -0.2) is 24.3 Å². The molecule has 2 aromatic heterocycles. The highest BCUT2D eigenvalue weighted by Gasteiger charge is 2.14. The number of hydrogen-bond acceptors (Lipinski definition) is 6. The molecule has 1 amide bonds. The number of primary sulfonamides is 1. The van der Waals surface area contributed by atoms with Gasteiger partial charge in [0.2, 0.25) is 15.9 Å². The molecule has 0 aliphatic carbocycles. The predicted octanol–water partition coefficient (Wildman–Crippen LogP) is 2.27. The molecule has 0 saturated heterocycles. The Kier molecular flexibility index (Phi) is 5.64. The SMILES string of the molecule is C[C@@H](NC(=O)Cc1csc(-c2ccccn2)n1)c1ccc(S(N)(=O)=O)cc1. The first-order chi connectivity index (χ1) is 12.8. The summed E-state index contributed by atoms with van der Waals surface area (Å²) in [5.74, 6) is -0.170. The number of nitrogens with two attached hydrogens (primary N) is 1. The van der Waals surface area contributed by atoms with Gasteiger partial charge in [-0.05, 0) is 36.8 Å². The predicted molar refractivity (Wildman–Crippen MR) is 103 cm³/mol. The van der Waals surface area contributed by atoms with E-state index in [0.717, 1.165) is 16.3 Å². The van der Waals surface area contributed by atoms with Gasteiger partial charge in [-0.15, -0.1) is 11.3 Å². The lowest BCUT2D eigenvalue weighted by Gasteiger charge is -2.14. The van der Waals surface area contributed by atoms with Gasteiger partial charge in [0, 0.05) is 11.6 Å². The highest BCUT2D eigenvalue weighted by Crippen LogP contribution is 2.22. The van der Waals surface area contributed by atoms with Crippen LogP contribution < -0.4 is 10.5 Å². The molecule has 0 bridgehead atoms. The van der Waals surface area contributed by atoms with Gasteiger partial charge in [0.15, 0.2) is 0 Å². The highest BCUT2D eigenvalue weighted by atomic mass is 32.2.